The molecular weight excluding hydrogens is 290 g/mol. The van der Waals surface area contributed by atoms with Crippen LogP contribution < -0.4 is 0 Å². The van der Waals surface area contributed by atoms with Gasteiger partial charge in [0.1, 0.15) is 5.69 Å². The number of nitrogens with zero attached hydrogens (tertiary/aromatic N) is 1. The van der Waals surface area contributed by atoms with Gasteiger partial charge in [0.25, 0.3) is 0 Å². The zero-order valence-electron chi connectivity index (χ0n) is 11.2. The molecule has 3 aromatic rings. The Morgan fingerprint density at radius 1 is 1.24 bits per heavy atom. The Morgan fingerprint density at radius 2 is 1.95 bits per heavy atom. The molecule has 106 valence electrons. The van der Waals surface area contributed by atoms with Crippen molar-refractivity contribution >= 4 is 28.5 Å². The number of carbonyl (C=O) groups is 1. The van der Waals surface area contributed by atoms with E-state index >= 15 is 0 Å². The number of hydrogen-bond donors (Lipinski definition) is 1. The zero-order chi connectivity index (χ0) is 15.0. The number of carboxylic acids is 1. The first kappa shape index (κ1) is 13.6. The smallest absolute Gasteiger partial charge is 0.310 e. The average molecular weight is 302 g/mol. The summed E-state index contributed by atoms with van der Waals surface area (Å²) in [5, 5.41) is 14.6. The highest BCUT2D eigenvalue weighted by Gasteiger charge is 2.17. The maximum Gasteiger partial charge on any atom is 0.310 e. The lowest BCUT2D eigenvalue weighted by molar-refractivity contribution is -0.138. The van der Waals surface area contributed by atoms with Crippen molar-refractivity contribution in [2.45, 2.75) is 12.8 Å². The highest BCUT2D eigenvalue weighted by Crippen LogP contribution is 2.31. The number of rotatable bonds is 3. The van der Waals surface area contributed by atoms with Crippen molar-refractivity contribution in [3.63, 3.8) is 0 Å². The maximum atomic E-state index is 11.1. The fourth-order valence-electron chi connectivity index (χ4n) is 2.18. The summed E-state index contributed by atoms with van der Waals surface area (Å²) < 4.78 is 5.30. The Hall–Kier alpha value is -2.33. The van der Waals surface area contributed by atoms with Crippen LogP contribution in [0.5, 0.6) is 0 Å². The second-order valence-corrected chi connectivity index (χ2v) is 5.29. The summed E-state index contributed by atoms with van der Waals surface area (Å²) in [5.74, 6) is -1.44. The summed E-state index contributed by atoms with van der Waals surface area (Å²) in [6.45, 7) is 1.65. The third-order valence-corrected chi connectivity index (χ3v) is 3.73. The molecule has 0 radical (unpaired) electrons. The van der Waals surface area contributed by atoms with Crippen molar-refractivity contribution in [1.82, 2.24) is 5.16 Å². The van der Waals surface area contributed by atoms with Gasteiger partial charge in [-0.3, -0.25) is 4.79 Å². The van der Waals surface area contributed by atoms with E-state index < -0.39 is 11.9 Å². The molecule has 1 N–H and O–H groups in total. The zero-order valence-corrected chi connectivity index (χ0v) is 12.0. The van der Waals surface area contributed by atoms with Crippen molar-refractivity contribution in [3.8, 4) is 11.3 Å². The molecule has 2 aromatic carbocycles. The summed E-state index contributed by atoms with van der Waals surface area (Å²) in [6, 6.07) is 12.6. The van der Waals surface area contributed by atoms with Crippen LogP contribution in [-0.2, 0) is 4.79 Å². The topological polar surface area (TPSA) is 63.3 Å². The fraction of sp³-hybridized carbons (Fsp3) is 0.125. The van der Waals surface area contributed by atoms with Crippen LogP contribution in [0.1, 0.15) is 18.4 Å². The molecule has 5 heteroatoms. The first-order chi connectivity index (χ1) is 10.1. The molecule has 0 fully saturated rings. The molecule has 0 bridgehead atoms. The van der Waals surface area contributed by atoms with Crippen molar-refractivity contribution in [1.29, 1.82) is 0 Å². The predicted molar refractivity (Wildman–Crippen MR) is 80.5 cm³/mol. The molecule has 1 heterocycles. The normalized spacial score (nSPS) is 12.5. The molecule has 0 aliphatic carbocycles. The second-order valence-electron chi connectivity index (χ2n) is 4.85. The lowest BCUT2D eigenvalue weighted by Gasteiger charge is -2.06. The quantitative estimate of drug-likeness (QED) is 0.781. The van der Waals surface area contributed by atoms with Gasteiger partial charge >= 0.3 is 5.97 Å². The molecule has 0 amide bonds. The van der Waals surface area contributed by atoms with E-state index in [1.807, 2.05) is 18.2 Å². The molecule has 21 heavy (non-hydrogen) atoms. The molecule has 0 spiro atoms. The monoisotopic (exact) mass is 301 g/mol. The molecule has 4 nitrogen and oxygen atoms in total. The van der Waals surface area contributed by atoms with Crippen LogP contribution in [0.2, 0.25) is 5.02 Å². The van der Waals surface area contributed by atoms with Gasteiger partial charge in [-0.05, 0) is 36.8 Å². The maximum absolute atomic E-state index is 11.1. The van der Waals surface area contributed by atoms with Crippen molar-refractivity contribution < 1.29 is 14.4 Å². The van der Waals surface area contributed by atoms with E-state index in [-0.39, 0.29) is 0 Å². The molecule has 3 rings (SSSR count). The Bertz CT molecular complexity index is 808. The van der Waals surface area contributed by atoms with Gasteiger partial charge in [-0.15, -0.1) is 0 Å². The van der Waals surface area contributed by atoms with Crippen LogP contribution in [0.15, 0.2) is 47.0 Å². The molecule has 0 aliphatic heterocycles. The van der Waals surface area contributed by atoms with E-state index in [0.717, 1.165) is 10.9 Å². The Balaban J connectivity index is 2.13. The minimum atomic E-state index is -0.862. The Kier molecular flexibility index (Phi) is 3.39. The first-order valence-electron chi connectivity index (χ1n) is 6.44. The Morgan fingerprint density at radius 3 is 2.62 bits per heavy atom. The highest BCUT2D eigenvalue weighted by atomic mass is 35.5. The van der Waals surface area contributed by atoms with E-state index in [4.69, 9.17) is 21.2 Å². The standard InChI is InChI=1S/C16H12ClNO3/c1-9(16(19)20)11-4-7-14-13(8-11)15(18-21-14)10-2-5-12(17)6-3-10/h2-9H,1H3,(H,19,20)/t9-/m1/s1. The fourth-order valence-corrected chi connectivity index (χ4v) is 2.31. The van der Waals surface area contributed by atoms with Crippen LogP contribution in [0, 0.1) is 0 Å². The molecule has 0 saturated heterocycles. The number of benzene rings is 2. The lowest BCUT2D eigenvalue weighted by atomic mass is 9.98. The summed E-state index contributed by atoms with van der Waals surface area (Å²) in [7, 11) is 0. The van der Waals surface area contributed by atoms with E-state index in [1.165, 1.54) is 0 Å². The number of fused-ring (bicyclic) bond motifs is 1. The van der Waals surface area contributed by atoms with Gasteiger partial charge in [-0.2, -0.15) is 0 Å². The molecule has 0 aliphatic rings. The van der Waals surface area contributed by atoms with E-state index in [0.29, 0.717) is 21.9 Å². The van der Waals surface area contributed by atoms with Gasteiger partial charge in [0.15, 0.2) is 5.58 Å². The lowest BCUT2D eigenvalue weighted by Crippen LogP contribution is -2.06. The van der Waals surface area contributed by atoms with E-state index in [1.54, 1.807) is 31.2 Å². The van der Waals surface area contributed by atoms with Crippen LogP contribution >= 0.6 is 11.6 Å². The molecule has 0 saturated carbocycles. The van der Waals surface area contributed by atoms with Crippen LogP contribution in [0.4, 0.5) is 0 Å². The minimum Gasteiger partial charge on any atom is -0.481 e. The molecule has 0 unspecified atom stereocenters. The van der Waals surface area contributed by atoms with Gasteiger partial charge in [0.05, 0.1) is 5.92 Å². The van der Waals surface area contributed by atoms with Gasteiger partial charge in [-0.25, -0.2) is 0 Å². The van der Waals surface area contributed by atoms with E-state index in [2.05, 4.69) is 5.16 Å². The summed E-state index contributed by atoms with van der Waals surface area (Å²) >= 11 is 5.88. The SMILES string of the molecule is C[C@@H](C(=O)O)c1ccc2onc(-c3ccc(Cl)cc3)c2c1. The first-order valence-corrected chi connectivity index (χ1v) is 6.82. The largest absolute Gasteiger partial charge is 0.481 e. The Labute approximate surface area is 125 Å². The van der Waals surface area contributed by atoms with Crippen LogP contribution in [0.25, 0.3) is 22.2 Å². The number of carboxylic acid groups (broad SMARTS) is 1. The summed E-state index contributed by atoms with van der Waals surface area (Å²) in [4.78, 5) is 11.1. The van der Waals surface area contributed by atoms with Gasteiger partial charge in [-0.1, -0.05) is 35.0 Å². The highest BCUT2D eigenvalue weighted by molar-refractivity contribution is 6.30. The van der Waals surface area contributed by atoms with Crippen molar-refractivity contribution in [3.05, 3.63) is 53.1 Å². The number of aliphatic carboxylic acids is 1. The minimum absolute atomic E-state index is 0.581. The van der Waals surface area contributed by atoms with Crippen molar-refractivity contribution in [2.75, 3.05) is 0 Å². The molecular formula is C16H12ClNO3. The van der Waals surface area contributed by atoms with Crippen LogP contribution in [-0.4, -0.2) is 16.2 Å². The third kappa shape index (κ3) is 2.50. The van der Waals surface area contributed by atoms with Crippen molar-refractivity contribution in [2.24, 2.45) is 0 Å². The average Bonchev–Trinajstić information content (AvgIpc) is 2.90. The van der Waals surface area contributed by atoms with E-state index in [9.17, 15) is 4.79 Å². The van der Waals surface area contributed by atoms with Gasteiger partial charge in [0, 0.05) is 16.0 Å². The van der Waals surface area contributed by atoms with Gasteiger partial charge < -0.3 is 9.63 Å². The predicted octanol–water partition coefficient (Wildman–Crippen LogP) is 4.34. The number of aromatic nitrogens is 1. The third-order valence-electron chi connectivity index (χ3n) is 3.48. The van der Waals surface area contributed by atoms with Crippen LogP contribution in [0.3, 0.4) is 0 Å². The molecule has 1 atom stereocenters. The summed E-state index contributed by atoms with van der Waals surface area (Å²) in [6.07, 6.45) is 0. The summed E-state index contributed by atoms with van der Waals surface area (Å²) in [5.41, 5.74) is 2.90. The second kappa shape index (κ2) is 5.22. The molecule has 1 aromatic heterocycles. The number of halogens is 1. The van der Waals surface area contributed by atoms with Gasteiger partial charge in [0.2, 0.25) is 0 Å². The number of hydrogen-bond acceptors (Lipinski definition) is 3.